The predicted molar refractivity (Wildman–Crippen MR) is 68.0 cm³/mol. The van der Waals surface area contributed by atoms with Gasteiger partial charge in [-0.05, 0) is 32.6 Å². The zero-order valence-corrected chi connectivity index (χ0v) is 10.9. The lowest BCUT2D eigenvalue weighted by Crippen LogP contribution is -2.41. The van der Waals surface area contributed by atoms with Crippen LogP contribution in [0.3, 0.4) is 0 Å². The number of rotatable bonds is 5. The molecular formula is C13H26N2O2. The first-order valence-corrected chi connectivity index (χ1v) is 6.97. The van der Waals surface area contributed by atoms with Crippen molar-refractivity contribution >= 4 is 0 Å². The minimum absolute atomic E-state index is 0.429. The molecule has 2 atom stereocenters. The van der Waals surface area contributed by atoms with Gasteiger partial charge in [-0.3, -0.25) is 0 Å². The molecule has 4 nitrogen and oxygen atoms in total. The molecule has 2 N–H and O–H groups in total. The molecule has 100 valence electrons. The smallest absolute Gasteiger partial charge is 0.0706 e. The van der Waals surface area contributed by atoms with E-state index in [1.54, 1.807) is 0 Å². The summed E-state index contributed by atoms with van der Waals surface area (Å²) in [6, 6.07) is 0. The van der Waals surface area contributed by atoms with Gasteiger partial charge < -0.3 is 20.1 Å². The molecule has 0 radical (unpaired) electrons. The molecule has 2 aliphatic heterocycles. The average Bonchev–Trinajstić information content (AvgIpc) is 2.74. The van der Waals surface area contributed by atoms with Crippen molar-refractivity contribution in [2.45, 2.75) is 50.9 Å². The number of ether oxygens (including phenoxy) is 2. The Hall–Kier alpha value is -0.160. The van der Waals surface area contributed by atoms with E-state index in [-0.39, 0.29) is 0 Å². The number of piperidine rings is 1. The maximum absolute atomic E-state index is 5.87. The van der Waals surface area contributed by atoms with Crippen LogP contribution < -0.4 is 5.73 Å². The van der Waals surface area contributed by atoms with Crippen molar-refractivity contribution in [3.05, 3.63) is 0 Å². The maximum atomic E-state index is 5.87. The molecule has 2 unspecified atom stereocenters. The van der Waals surface area contributed by atoms with Gasteiger partial charge in [0.2, 0.25) is 0 Å². The van der Waals surface area contributed by atoms with Crippen LogP contribution in [-0.2, 0) is 9.47 Å². The van der Waals surface area contributed by atoms with Gasteiger partial charge in [-0.25, -0.2) is 0 Å². The summed E-state index contributed by atoms with van der Waals surface area (Å²) < 4.78 is 11.6. The Kier molecular flexibility index (Phi) is 5.22. The molecule has 2 heterocycles. The molecule has 2 saturated heterocycles. The highest BCUT2D eigenvalue weighted by Crippen LogP contribution is 2.21. The van der Waals surface area contributed by atoms with Crippen LogP contribution in [-0.4, -0.2) is 56.0 Å². The van der Waals surface area contributed by atoms with Crippen LogP contribution in [0.5, 0.6) is 0 Å². The second-order valence-electron chi connectivity index (χ2n) is 5.31. The van der Waals surface area contributed by atoms with Crippen molar-refractivity contribution in [2.75, 3.05) is 32.8 Å². The molecule has 17 heavy (non-hydrogen) atoms. The first-order valence-electron chi connectivity index (χ1n) is 6.97. The molecule has 2 rings (SSSR count). The summed E-state index contributed by atoms with van der Waals surface area (Å²) in [6.45, 7) is 6.90. The van der Waals surface area contributed by atoms with Gasteiger partial charge in [0.25, 0.3) is 0 Å². The number of likely N-dealkylation sites (tertiary alicyclic amines) is 1. The molecule has 0 aromatic rings. The van der Waals surface area contributed by atoms with Gasteiger partial charge in [0.1, 0.15) is 0 Å². The zero-order valence-electron chi connectivity index (χ0n) is 10.9. The Morgan fingerprint density at radius 2 is 2.00 bits per heavy atom. The quantitative estimate of drug-likeness (QED) is 0.781. The summed E-state index contributed by atoms with van der Waals surface area (Å²) in [5, 5.41) is 0. The van der Waals surface area contributed by atoms with E-state index in [1.807, 2.05) is 0 Å². The summed E-state index contributed by atoms with van der Waals surface area (Å²) >= 11 is 0. The number of hydrogen-bond donors (Lipinski definition) is 1. The van der Waals surface area contributed by atoms with E-state index < -0.39 is 0 Å². The fourth-order valence-corrected chi connectivity index (χ4v) is 2.80. The lowest BCUT2D eigenvalue weighted by molar-refractivity contribution is -0.0109. The molecule has 0 spiro atoms. The predicted octanol–water partition coefficient (Wildman–Crippen LogP) is 0.994. The van der Waals surface area contributed by atoms with Crippen molar-refractivity contribution < 1.29 is 9.47 Å². The third kappa shape index (κ3) is 4.21. The fraction of sp³-hybridized carbons (Fsp3) is 1.00. The molecule has 0 aromatic carbocycles. The number of hydrogen-bond acceptors (Lipinski definition) is 4. The van der Waals surface area contributed by atoms with E-state index in [1.165, 1.54) is 12.8 Å². The Bertz CT molecular complexity index is 217. The van der Waals surface area contributed by atoms with Gasteiger partial charge in [0.05, 0.1) is 24.9 Å². The standard InChI is InChI=1S/C13H26N2O2/c1-11-2-3-13(17-11)10-15-7-4-12(5-8-15)16-9-6-14/h11-13H,2-10,14H2,1H3. The van der Waals surface area contributed by atoms with Crippen molar-refractivity contribution in [1.29, 1.82) is 0 Å². The molecule has 2 aliphatic rings. The van der Waals surface area contributed by atoms with Crippen LogP contribution in [0.15, 0.2) is 0 Å². The molecule has 2 fully saturated rings. The molecule has 0 aliphatic carbocycles. The van der Waals surface area contributed by atoms with E-state index in [0.29, 0.717) is 31.5 Å². The van der Waals surface area contributed by atoms with Crippen LogP contribution in [0.1, 0.15) is 32.6 Å². The summed E-state index contributed by atoms with van der Waals surface area (Å²) in [4.78, 5) is 2.52. The van der Waals surface area contributed by atoms with Crippen LogP contribution >= 0.6 is 0 Å². The molecule has 4 heteroatoms. The molecular weight excluding hydrogens is 216 g/mol. The zero-order chi connectivity index (χ0) is 12.1. The maximum Gasteiger partial charge on any atom is 0.0706 e. The van der Waals surface area contributed by atoms with Crippen LogP contribution in [0.4, 0.5) is 0 Å². The third-order valence-corrected chi connectivity index (χ3v) is 3.79. The van der Waals surface area contributed by atoms with Gasteiger partial charge in [-0.2, -0.15) is 0 Å². The van der Waals surface area contributed by atoms with Gasteiger partial charge >= 0.3 is 0 Å². The minimum atomic E-state index is 0.429. The van der Waals surface area contributed by atoms with E-state index >= 15 is 0 Å². The number of nitrogens with zero attached hydrogens (tertiary/aromatic N) is 1. The highest BCUT2D eigenvalue weighted by molar-refractivity contribution is 4.78. The van der Waals surface area contributed by atoms with Gasteiger partial charge in [0.15, 0.2) is 0 Å². The Morgan fingerprint density at radius 1 is 1.24 bits per heavy atom. The van der Waals surface area contributed by atoms with Gasteiger partial charge in [0, 0.05) is 26.2 Å². The average molecular weight is 242 g/mol. The van der Waals surface area contributed by atoms with Crippen LogP contribution in [0.25, 0.3) is 0 Å². The fourth-order valence-electron chi connectivity index (χ4n) is 2.80. The summed E-state index contributed by atoms with van der Waals surface area (Å²) in [5.74, 6) is 0. The van der Waals surface area contributed by atoms with Crippen LogP contribution in [0.2, 0.25) is 0 Å². The first kappa shape index (κ1) is 13.3. The normalized spacial score (nSPS) is 32.1. The third-order valence-electron chi connectivity index (χ3n) is 3.79. The van der Waals surface area contributed by atoms with Crippen molar-refractivity contribution in [1.82, 2.24) is 4.90 Å². The highest BCUT2D eigenvalue weighted by Gasteiger charge is 2.26. The topological polar surface area (TPSA) is 47.7 Å². The summed E-state index contributed by atoms with van der Waals surface area (Å²) in [6.07, 6.45) is 6.09. The Morgan fingerprint density at radius 3 is 2.59 bits per heavy atom. The summed E-state index contributed by atoms with van der Waals surface area (Å²) in [7, 11) is 0. The molecule has 0 aromatic heterocycles. The second kappa shape index (κ2) is 6.69. The molecule has 0 amide bonds. The number of nitrogens with two attached hydrogens (primary N) is 1. The first-order chi connectivity index (χ1) is 8.28. The van der Waals surface area contributed by atoms with E-state index in [2.05, 4.69) is 11.8 Å². The van der Waals surface area contributed by atoms with Crippen molar-refractivity contribution in [2.24, 2.45) is 5.73 Å². The lowest BCUT2D eigenvalue weighted by atomic mass is 10.1. The Labute approximate surface area is 104 Å². The largest absolute Gasteiger partial charge is 0.377 e. The molecule has 0 saturated carbocycles. The molecule has 0 bridgehead atoms. The van der Waals surface area contributed by atoms with Gasteiger partial charge in [-0.1, -0.05) is 0 Å². The SMILES string of the molecule is CC1CCC(CN2CCC(OCCN)CC2)O1. The summed E-state index contributed by atoms with van der Waals surface area (Å²) in [5.41, 5.74) is 5.44. The van der Waals surface area contributed by atoms with Crippen LogP contribution in [0, 0.1) is 0 Å². The lowest BCUT2D eigenvalue weighted by Gasteiger charge is -2.33. The monoisotopic (exact) mass is 242 g/mol. The van der Waals surface area contributed by atoms with E-state index in [0.717, 1.165) is 32.5 Å². The second-order valence-corrected chi connectivity index (χ2v) is 5.31. The van der Waals surface area contributed by atoms with E-state index in [4.69, 9.17) is 15.2 Å². The van der Waals surface area contributed by atoms with E-state index in [9.17, 15) is 0 Å². The highest BCUT2D eigenvalue weighted by atomic mass is 16.5. The Balaban J connectivity index is 1.62. The van der Waals surface area contributed by atoms with Crippen molar-refractivity contribution in [3.8, 4) is 0 Å². The van der Waals surface area contributed by atoms with Crippen molar-refractivity contribution in [3.63, 3.8) is 0 Å². The van der Waals surface area contributed by atoms with Gasteiger partial charge in [-0.15, -0.1) is 0 Å². The minimum Gasteiger partial charge on any atom is -0.377 e.